The van der Waals surface area contributed by atoms with Gasteiger partial charge in [-0.15, -0.1) is 0 Å². The Morgan fingerprint density at radius 3 is 2.35 bits per heavy atom. The fourth-order valence-electron chi connectivity index (χ4n) is 3.49. The molecule has 31 heavy (non-hydrogen) atoms. The smallest absolute Gasteiger partial charge is 0.429 e. The van der Waals surface area contributed by atoms with Crippen LogP contribution < -0.4 is 5.43 Å². The van der Waals surface area contributed by atoms with Gasteiger partial charge in [-0.2, -0.15) is 0 Å². The number of hydrogen-bond acceptors (Lipinski definition) is 4. The quantitative estimate of drug-likeness (QED) is 0.550. The Morgan fingerprint density at radius 2 is 1.77 bits per heavy atom. The van der Waals surface area contributed by atoms with Gasteiger partial charge in [0.25, 0.3) is 5.91 Å². The Bertz CT molecular complexity index is 815. The van der Waals surface area contributed by atoms with Crippen molar-refractivity contribution in [2.75, 3.05) is 14.1 Å². The summed E-state index contributed by atoms with van der Waals surface area (Å²) >= 11 is 5.88. The Balaban J connectivity index is 2.15. The number of hydrazine groups is 1. The molecule has 8 heteroatoms. The first-order valence-corrected chi connectivity index (χ1v) is 10.8. The number of benzene rings is 1. The van der Waals surface area contributed by atoms with Gasteiger partial charge in [0.2, 0.25) is 5.91 Å². The molecule has 1 fully saturated rings. The predicted octanol–water partition coefficient (Wildman–Crippen LogP) is 4.27. The SMILES string of the molecule is CN(C)C(=O)[C@H]1CCCC(N(NC(=O)C=Cc2ccc(Cl)cc2)C(=O)OC(C)(C)C)C1. The van der Waals surface area contributed by atoms with E-state index in [0.29, 0.717) is 17.9 Å². The van der Waals surface area contributed by atoms with Crippen LogP contribution in [0.2, 0.25) is 5.02 Å². The molecule has 1 aromatic carbocycles. The number of carbonyl (C=O) groups is 3. The topological polar surface area (TPSA) is 79.0 Å². The lowest BCUT2D eigenvalue weighted by Gasteiger charge is -2.37. The number of rotatable bonds is 4. The second kappa shape index (κ2) is 10.7. The average Bonchev–Trinajstić information content (AvgIpc) is 2.69. The molecule has 1 unspecified atom stereocenters. The van der Waals surface area contributed by atoms with Gasteiger partial charge < -0.3 is 9.64 Å². The van der Waals surface area contributed by atoms with Crippen LogP contribution in [0.4, 0.5) is 4.79 Å². The zero-order valence-corrected chi connectivity index (χ0v) is 19.6. The minimum Gasteiger partial charge on any atom is -0.442 e. The molecule has 2 atom stereocenters. The summed E-state index contributed by atoms with van der Waals surface area (Å²) in [6.45, 7) is 5.31. The van der Waals surface area contributed by atoms with E-state index in [1.54, 1.807) is 70.1 Å². The largest absolute Gasteiger partial charge is 0.442 e. The predicted molar refractivity (Wildman–Crippen MR) is 121 cm³/mol. The number of nitrogens with zero attached hydrogens (tertiary/aromatic N) is 2. The van der Waals surface area contributed by atoms with E-state index in [9.17, 15) is 14.4 Å². The van der Waals surface area contributed by atoms with Crippen molar-refractivity contribution in [1.82, 2.24) is 15.3 Å². The molecule has 0 saturated heterocycles. The third-order valence-electron chi connectivity index (χ3n) is 4.92. The Morgan fingerprint density at radius 1 is 1.13 bits per heavy atom. The van der Waals surface area contributed by atoms with Crippen molar-refractivity contribution in [3.8, 4) is 0 Å². The van der Waals surface area contributed by atoms with Gasteiger partial charge in [-0.3, -0.25) is 15.0 Å². The summed E-state index contributed by atoms with van der Waals surface area (Å²) in [6.07, 6.45) is 5.05. The standard InChI is InChI=1S/C23H32ClN3O4/c1-23(2,3)31-22(30)27(19-8-6-7-17(15-19)21(29)26(4)5)25-20(28)14-11-16-9-12-18(24)13-10-16/h9-14,17,19H,6-8,15H2,1-5H3,(H,25,28)/t17-,19?/m0/s1. The number of halogens is 1. The summed E-state index contributed by atoms with van der Waals surface area (Å²) in [4.78, 5) is 39.5. The lowest BCUT2D eigenvalue weighted by molar-refractivity contribution is -0.135. The highest BCUT2D eigenvalue weighted by Crippen LogP contribution is 2.29. The lowest BCUT2D eigenvalue weighted by Crippen LogP contribution is -2.55. The summed E-state index contributed by atoms with van der Waals surface area (Å²) in [5, 5.41) is 1.85. The Kier molecular flexibility index (Phi) is 8.51. The summed E-state index contributed by atoms with van der Waals surface area (Å²) in [5.41, 5.74) is 2.75. The van der Waals surface area contributed by atoms with Crippen LogP contribution in [0.15, 0.2) is 30.3 Å². The minimum absolute atomic E-state index is 0.0304. The van der Waals surface area contributed by atoms with Crippen LogP contribution in [0.1, 0.15) is 52.0 Å². The van der Waals surface area contributed by atoms with E-state index >= 15 is 0 Å². The molecule has 1 aliphatic rings. The third kappa shape index (κ3) is 7.90. The van der Waals surface area contributed by atoms with Gasteiger partial charge >= 0.3 is 6.09 Å². The Hall–Kier alpha value is -2.54. The molecule has 0 spiro atoms. The third-order valence-corrected chi connectivity index (χ3v) is 5.17. The van der Waals surface area contributed by atoms with Gasteiger partial charge in [0.15, 0.2) is 0 Å². The van der Waals surface area contributed by atoms with Crippen LogP contribution in [0, 0.1) is 5.92 Å². The number of amides is 3. The molecule has 0 aliphatic heterocycles. The lowest BCUT2D eigenvalue weighted by atomic mass is 9.84. The summed E-state index contributed by atoms with van der Waals surface area (Å²) < 4.78 is 5.51. The monoisotopic (exact) mass is 449 g/mol. The average molecular weight is 450 g/mol. The highest BCUT2D eigenvalue weighted by Gasteiger charge is 2.36. The number of carbonyl (C=O) groups excluding carboxylic acids is 3. The summed E-state index contributed by atoms with van der Waals surface area (Å²) in [6, 6.07) is 6.71. The van der Waals surface area contributed by atoms with E-state index in [-0.39, 0.29) is 17.9 Å². The van der Waals surface area contributed by atoms with Crippen molar-refractivity contribution in [1.29, 1.82) is 0 Å². The van der Waals surface area contributed by atoms with Crippen molar-refractivity contribution in [3.05, 3.63) is 40.9 Å². The van der Waals surface area contributed by atoms with Crippen molar-refractivity contribution in [2.45, 2.75) is 58.1 Å². The maximum absolute atomic E-state index is 12.9. The van der Waals surface area contributed by atoms with Crippen molar-refractivity contribution in [2.24, 2.45) is 5.92 Å². The van der Waals surface area contributed by atoms with Crippen molar-refractivity contribution < 1.29 is 19.1 Å². The number of nitrogens with one attached hydrogen (secondary N) is 1. The summed E-state index contributed by atoms with van der Waals surface area (Å²) in [5.74, 6) is -0.620. The number of hydrogen-bond donors (Lipinski definition) is 1. The second-order valence-electron chi connectivity index (χ2n) is 8.96. The van der Waals surface area contributed by atoms with E-state index in [4.69, 9.17) is 16.3 Å². The van der Waals surface area contributed by atoms with Crippen LogP contribution in [0.3, 0.4) is 0 Å². The van der Waals surface area contributed by atoms with Gasteiger partial charge in [0.1, 0.15) is 5.60 Å². The van der Waals surface area contributed by atoms with Crippen molar-refractivity contribution in [3.63, 3.8) is 0 Å². The second-order valence-corrected chi connectivity index (χ2v) is 9.40. The highest BCUT2D eigenvalue weighted by atomic mass is 35.5. The van der Waals surface area contributed by atoms with E-state index in [1.807, 2.05) is 0 Å². The molecule has 1 aromatic rings. The molecule has 0 heterocycles. The highest BCUT2D eigenvalue weighted by molar-refractivity contribution is 6.30. The molecule has 170 valence electrons. The zero-order valence-electron chi connectivity index (χ0n) is 18.9. The van der Waals surface area contributed by atoms with E-state index in [0.717, 1.165) is 18.4 Å². The first kappa shape index (κ1) is 24.7. The molecule has 3 amide bonds. The van der Waals surface area contributed by atoms with Crippen LogP contribution in [-0.2, 0) is 14.3 Å². The van der Waals surface area contributed by atoms with Crippen LogP contribution in [0.25, 0.3) is 6.08 Å². The minimum atomic E-state index is -0.716. The van der Waals surface area contributed by atoms with E-state index < -0.39 is 17.6 Å². The molecule has 2 rings (SSSR count). The normalized spacial score (nSPS) is 19.0. The molecule has 7 nitrogen and oxygen atoms in total. The number of ether oxygens (including phenoxy) is 1. The first-order chi connectivity index (χ1) is 14.5. The first-order valence-electron chi connectivity index (χ1n) is 10.4. The molecule has 0 aromatic heterocycles. The molecular weight excluding hydrogens is 418 g/mol. The maximum Gasteiger partial charge on any atom is 0.429 e. The van der Waals surface area contributed by atoms with Crippen LogP contribution >= 0.6 is 11.6 Å². The van der Waals surface area contributed by atoms with Crippen LogP contribution in [-0.4, -0.2) is 53.6 Å². The molecule has 0 radical (unpaired) electrons. The van der Waals surface area contributed by atoms with Gasteiger partial charge in [-0.05, 0) is 63.8 Å². The van der Waals surface area contributed by atoms with Gasteiger partial charge in [-0.1, -0.05) is 30.2 Å². The van der Waals surface area contributed by atoms with E-state index in [1.165, 1.54) is 11.1 Å². The summed E-state index contributed by atoms with van der Waals surface area (Å²) in [7, 11) is 3.45. The van der Waals surface area contributed by atoms with E-state index in [2.05, 4.69) is 5.43 Å². The van der Waals surface area contributed by atoms with Crippen LogP contribution in [0.5, 0.6) is 0 Å². The Labute approximate surface area is 189 Å². The van der Waals surface area contributed by atoms with Gasteiger partial charge in [0.05, 0.1) is 6.04 Å². The van der Waals surface area contributed by atoms with Gasteiger partial charge in [-0.25, -0.2) is 9.80 Å². The molecule has 1 aliphatic carbocycles. The van der Waals surface area contributed by atoms with Crippen molar-refractivity contribution >= 4 is 35.6 Å². The molecule has 1 N–H and O–H groups in total. The molecule has 1 saturated carbocycles. The van der Waals surface area contributed by atoms with Gasteiger partial charge in [0, 0.05) is 31.1 Å². The zero-order chi connectivity index (χ0) is 23.2. The molecule has 0 bridgehead atoms. The maximum atomic E-state index is 12.9. The molecular formula is C23H32ClN3O4. The fraction of sp³-hybridized carbons (Fsp3) is 0.522. The fourth-order valence-corrected chi connectivity index (χ4v) is 3.61.